The summed E-state index contributed by atoms with van der Waals surface area (Å²) in [5, 5.41) is 9.85. The Hall–Kier alpha value is -0.210. The van der Waals surface area contributed by atoms with Gasteiger partial charge >= 0.3 is 101 Å². The number of hydrogen-bond acceptors (Lipinski definition) is 5. The predicted molar refractivity (Wildman–Crippen MR) is 54.0 cm³/mol. The fourth-order valence-corrected chi connectivity index (χ4v) is 2.33. The van der Waals surface area contributed by atoms with Gasteiger partial charge in [-0.25, -0.2) is 0 Å². The first-order valence-corrected chi connectivity index (χ1v) is 7.82. The van der Waals surface area contributed by atoms with Crippen LogP contribution in [0.2, 0.25) is 0 Å². The van der Waals surface area contributed by atoms with E-state index in [1.54, 1.807) is 0 Å². The van der Waals surface area contributed by atoms with Gasteiger partial charge in [-0.3, -0.25) is 0 Å². The second-order valence-corrected chi connectivity index (χ2v) is 5.33. The van der Waals surface area contributed by atoms with Crippen molar-refractivity contribution in [1.29, 1.82) is 5.41 Å². The van der Waals surface area contributed by atoms with Crippen LogP contribution in [0, 0.1) is 5.41 Å². The zero-order valence-corrected chi connectivity index (χ0v) is 11.1. The molecule has 0 atom stereocenters. The Bertz CT molecular complexity index is 179. The van der Waals surface area contributed by atoms with E-state index >= 15 is 0 Å². The number of carbonyl (C=O) groups is 1. The number of carbonyl (C=O) groups excluding carboxylic acids is 1. The summed E-state index contributed by atoms with van der Waals surface area (Å²) in [6.07, 6.45) is 1.33. The summed E-state index contributed by atoms with van der Waals surface area (Å²) < 4.78 is 11.5. The van der Waals surface area contributed by atoms with Crippen molar-refractivity contribution in [2.75, 3.05) is 35.3 Å². The first kappa shape index (κ1) is 14.8. The minimum atomic E-state index is -0.274. The van der Waals surface area contributed by atoms with Gasteiger partial charge in [0.25, 0.3) is 0 Å². The van der Waals surface area contributed by atoms with E-state index < -0.39 is 0 Å². The second kappa shape index (κ2) is 11.9. The van der Waals surface area contributed by atoms with E-state index in [2.05, 4.69) is 5.32 Å². The summed E-state index contributed by atoms with van der Waals surface area (Å²) in [7, 11) is 0. The summed E-state index contributed by atoms with van der Waals surface area (Å²) in [4.78, 5) is 11.0. The molecule has 0 aliphatic carbocycles. The van der Waals surface area contributed by atoms with Crippen molar-refractivity contribution >= 4 is 12.2 Å². The second-order valence-electron chi connectivity index (χ2n) is 2.55. The fraction of sp³-hybridized carbons (Fsp3) is 0.778. The average Bonchev–Trinajstić information content (AvgIpc) is 2.25. The molecule has 15 heavy (non-hydrogen) atoms. The van der Waals surface area contributed by atoms with Crippen molar-refractivity contribution in [2.24, 2.45) is 0 Å². The number of esters is 1. The molecule has 0 aliphatic rings. The maximum absolute atomic E-state index is 11.0. The molecule has 0 aromatic rings. The fourth-order valence-electron chi connectivity index (χ4n) is 0.689. The Morgan fingerprint density at radius 3 is 3.07 bits per heavy atom. The summed E-state index contributed by atoms with van der Waals surface area (Å²) in [5.41, 5.74) is 0. The third-order valence-corrected chi connectivity index (χ3v) is 3.42. The van der Waals surface area contributed by atoms with Crippen LogP contribution in [0.4, 0.5) is 0 Å². The Morgan fingerprint density at radius 2 is 2.40 bits per heavy atom. The topological polar surface area (TPSA) is 71.4 Å². The van der Waals surface area contributed by atoms with Crippen LogP contribution >= 0.6 is 0 Å². The molecule has 0 amide bonds. The van der Waals surface area contributed by atoms with Crippen LogP contribution in [-0.2, 0) is 14.3 Å². The molecule has 5 nitrogen and oxygen atoms in total. The van der Waals surface area contributed by atoms with Crippen molar-refractivity contribution < 1.29 is 35.5 Å². The molecule has 2 N–H and O–H groups in total. The van der Waals surface area contributed by atoms with E-state index in [1.165, 1.54) is 6.21 Å². The third-order valence-electron chi connectivity index (χ3n) is 1.37. The Kier molecular flexibility index (Phi) is 11.7. The van der Waals surface area contributed by atoms with Crippen LogP contribution in [0.3, 0.4) is 0 Å². The molecule has 0 saturated heterocycles. The van der Waals surface area contributed by atoms with E-state index in [-0.39, 0.29) is 33.8 Å². The number of halogens is 1. The van der Waals surface area contributed by atoms with Gasteiger partial charge < -0.3 is 0 Å². The Morgan fingerprint density at radius 1 is 1.60 bits per heavy atom. The molecule has 0 fully saturated rings. The molecular weight excluding hydrogens is 311 g/mol. The number of rotatable bonds is 10. The van der Waals surface area contributed by atoms with Gasteiger partial charge in [-0.15, -0.1) is 0 Å². The molecule has 0 aromatic carbocycles. The molecule has 0 heterocycles. The molecular formula is C9H18IN2O3-. The van der Waals surface area contributed by atoms with Gasteiger partial charge in [0.15, 0.2) is 0 Å². The third kappa shape index (κ3) is 11.7. The van der Waals surface area contributed by atoms with Crippen molar-refractivity contribution in [3.05, 3.63) is 0 Å². The molecule has 90 valence electrons. The van der Waals surface area contributed by atoms with Gasteiger partial charge in [0, 0.05) is 0 Å². The van der Waals surface area contributed by atoms with Crippen molar-refractivity contribution in [3.8, 4) is 0 Å². The Balaban J connectivity index is 3.09. The van der Waals surface area contributed by atoms with E-state index in [4.69, 9.17) is 14.9 Å². The average molecular weight is 329 g/mol. The normalized spacial score (nSPS) is 10.2. The number of alkyl halides is 2. The quantitative estimate of drug-likeness (QED) is 0.146. The van der Waals surface area contributed by atoms with Gasteiger partial charge in [0.05, 0.1) is 0 Å². The molecule has 0 aromatic heterocycles. The van der Waals surface area contributed by atoms with Crippen LogP contribution < -0.4 is 26.5 Å². The minimum absolute atomic E-state index is 0.0618. The van der Waals surface area contributed by atoms with Gasteiger partial charge in [-0.05, 0) is 0 Å². The van der Waals surface area contributed by atoms with Gasteiger partial charge in [0.2, 0.25) is 0 Å². The van der Waals surface area contributed by atoms with E-state index in [1.807, 2.05) is 6.92 Å². The molecule has 0 spiro atoms. The molecule has 0 unspecified atom stereocenters. The van der Waals surface area contributed by atoms with Gasteiger partial charge in [-0.2, -0.15) is 0 Å². The predicted octanol–water partition coefficient (Wildman–Crippen LogP) is -3.15. The molecule has 6 heteroatoms. The molecule has 0 saturated carbocycles. The van der Waals surface area contributed by atoms with Crippen LogP contribution in [0.15, 0.2) is 0 Å². The van der Waals surface area contributed by atoms with Crippen LogP contribution in [0.5, 0.6) is 0 Å². The number of nitrogens with one attached hydrogen (secondary N) is 2. The van der Waals surface area contributed by atoms with Crippen LogP contribution in [0.25, 0.3) is 0 Å². The molecule has 0 aliphatic heterocycles. The zero-order valence-electron chi connectivity index (χ0n) is 8.92. The molecule has 0 rings (SSSR count). The van der Waals surface area contributed by atoms with Crippen molar-refractivity contribution in [1.82, 2.24) is 5.32 Å². The SMILES string of the molecule is CCOCC(=O)OC[I-]CCNCC=N. The zero-order chi connectivity index (χ0) is 11.4. The summed E-state index contributed by atoms with van der Waals surface area (Å²) in [6, 6.07) is 0. The number of ether oxygens (including phenoxy) is 2. The summed E-state index contributed by atoms with van der Waals surface area (Å²) in [6.45, 7) is 3.96. The Labute approximate surface area is 101 Å². The van der Waals surface area contributed by atoms with Gasteiger partial charge in [0.1, 0.15) is 0 Å². The molecule has 0 radical (unpaired) electrons. The van der Waals surface area contributed by atoms with E-state index in [9.17, 15) is 4.79 Å². The first-order valence-electron chi connectivity index (χ1n) is 4.77. The summed E-state index contributed by atoms with van der Waals surface area (Å²) >= 11 is -0.0787. The van der Waals surface area contributed by atoms with Crippen molar-refractivity contribution in [3.63, 3.8) is 0 Å². The first-order chi connectivity index (χ1) is 7.31. The monoisotopic (exact) mass is 329 g/mol. The maximum atomic E-state index is 11.0. The van der Waals surface area contributed by atoms with E-state index in [0.717, 1.165) is 11.0 Å². The van der Waals surface area contributed by atoms with Gasteiger partial charge in [-0.1, -0.05) is 0 Å². The summed E-state index contributed by atoms with van der Waals surface area (Å²) in [5.74, 6) is -0.274. The van der Waals surface area contributed by atoms with E-state index in [0.29, 0.717) is 17.8 Å². The molecule has 0 bridgehead atoms. The van der Waals surface area contributed by atoms with Crippen LogP contribution in [-0.4, -0.2) is 47.5 Å². The standard InChI is InChI=1S/C9H18IN2O3/c1-2-14-7-9(13)15-8-10-3-5-12-6-4-11/h4,11-12H,2-3,5-8H2,1H3/q-1. The number of hydrogen-bond donors (Lipinski definition) is 2. The van der Waals surface area contributed by atoms with Crippen LogP contribution in [0.1, 0.15) is 6.92 Å². The van der Waals surface area contributed by atoms with Crippen molar-refractivity contribution in [2.45, 2.75) is 6.92 Å².